The number of nitrogens with one attached hydrogen (secondary N) is 1. The lowest BCUT2D eigenvalue weighted by molar-refractivity contribution is 0.101. The van der Waals surface area contributed by atoms with E-state index in [1.807, 2.05) is 0 Å². The van der Waals surface area contributed by atoms with Crippen LogP contribution in [-0.2, 0) is 0 Å². The monoisotopic (exact) mass is 189 g/mol. The zero-order valence-electron chi connectivity index (χ0n) is 7.84. The summed E-state index contributed by atoms with van der Waals surface area (Å²) in [5.41, 5.74) is 0.671. The van der Waals surface area contributed by atoms with E-state index in [0.29, 0.717) is 5.69 Å². The molecule has 1 N–H and O–H groups in total. The molecule has 0 aromatic carbocycles. The van der Waals surface area contributed by atoms with Gasteiger partial charge in [-0.3, -0.25) is 4.79 Å². The Balaban J connectivity index is 0.000000146. The number of H-pyrrole nitrogens is 1. The average molecular weight is 189 g/mol. The van der Waals surface area contributed by atoms with Crippen LogP contribution in [0.3, 0.4) is 0 Å². The lowest BCUT2D eigenvalue weighted by atomic mass is 10.3. The molecule has 0 saturated heterocycles. The van der Waals surface area contributed by atoms with Crippen molar-refractivity contribution >= 4 is 5.78 Å². The Morgan fingerprint density at radius 2 is 2.00 bits per heavy atom. The number of hydrogen-bond acceptors (Lipinski definition) is 3. The van der Waals surface area contributed by atoms with E-state index >= 15 is 0 Å². The van der Waals surface area contributed by atoms with Crippen molar-refractivity contribution in [2.75, 3.05) is 0 Å². The van der Waals surface area contributed by atoms with Crippen LogP contribution in [0.5, 0.6) is 0 Å². The maximum absolute atomic E-state index is 10.5. The number of rotatable bonds is 1. The maximum Gasteiger partial charge on any atom is 0.175 e. The minimum atomic E-state index is 0.0787. The fraction of sp³-hybridized carbons (Fsp3) is 0.100. The van der Waals surface area contributed by atoms with Crippen molar-refractivity contribution in [3.8, 4) is 0 Å². The van der Waals surface area contributed by atoms with Crippen LogP contribution in [0.4, 0.5) is 0 Å². The third-order valence-electron chi connectivity index (χ3n) is 1.45. The number of ketones is 1. The van der Waals surface area contributed by atoms with Crippen LogP contribution in [-0.4, -0.2) is 20.7 Å². The van der Waals surface area contributed by atoms with E-state index in [1.54, 1.807) is 36.8 Å². The topological polar surface area (TPSA) is 58.6 Å². The van der Waals surface area contributed by atoms with Gasteiger partial charge in [0.05, 0.1) is 5.69 Å². The van der Waals surface area contributed by atoms with Gasteiger partial charge in [-0.15, -0.1) is 0 Å². The Morgan fingerprint density at radius 3 is 2.21 bits per heavy atom. The highest BCUT2D eigenvalue weighted by Gasteiger charge is 1.94. The van der Waals surface area contributed by atoms with Crippen molar-refractivity contribution in [1.82, 2.24) is 15.0 Å². The summed E-state index contributed by atoms with van der Waals surface area (Å²) in [5, 5.41) is 0. The standard InChI is InChI=1S/C6H7NO.C4H4N2/c1-5(8)6-3-2-4-7-6;1-2-5-4-6-3-1/h2-4,7H,1H3;1-4H. The zero-order chi connectivity index (χ0) is 10.2. The van der Waals surface area contributed by atoms with Gasteiger partial charge in [0.15, 0.2) is 5.78 Å². The summed E-state index contributed by atoms with van der Waals surface area (Å²) >= 11 is 0. The maximum atomic E-state index is 10.5. The van der Waals surface area contributed by atoms with Gasteiger partial charge in [-0.2, -0.15) is 0 Å². The Bertz CT molecular complexity index is 329. The molecule has 0 saturated carbocycles. The fourth-order valence-electron chi connectivity index (χ4n) is 0.803. The summed E-state index contributed by atoms with van der Waals surface area (Å²) in [6.45, 7) is 1.53. The Hall–Kier alpha value is -1.97. The third kappa shape index (κ3) is 3.62. The number of aromatic amines is 1. The molecule has 2 aromatic heterocycles. The molecule has 72 valence electrons. The summed E-state index contributed by atoms with van der Waals surface area (Å²) in [7, 11) is 0. The van der Waals surface area contributed by atoms with Crippen LogP contribution in [0.1, 0.15) is 17.4 Å². The first-order valence-electron chi connectivity index (χ1n) is 4.15. The molecule has 0 aliphatic heterocycles. The molecule has 0 radical (unpaired) electrons. The molecular formula is C10H11N3O. The van der Waals surface area contributed by atoms with Crippen molar-refractivity contribution in [2.45, 2.75) is 6.92 Å². The lowest BCUT2D eigenvalue weighted by Crippen LogP contribution is -1.89. The van der Waals surface area contributed by atoms with Crippen LogP contribution < -0.4 is 0 Å². The Labute approximate surface area is 82.0 Å². The van der Waals surface area contributed by atoms with Crippen molar-refractivity contribution in [1.29, 1.82) is 0 Å². The molecule has 0 spiro atoms. The van der Waals surface area contributed by atoms with E-state index in [-0.39, 0.29) is 5.78 Å². The van der Waals surface area contributed by atoms with E-state index in [9.17, 15) is 4.79 Å². The summed E-state index contributed by atoms with van der Waals surface area (Å²) in [5.74, 6) is 0.0787. The van der Waals surface area contributed by atoms with Crippen molar-refractivity contribution in [3.05, 3.63) is 48.8 Å². The van der Waals surface area contributed by atoms with Gasteiger partial charge in [-0.1, -0.05) is 0 Å². The molecule has 4 heteroatoms. The number of Topliss-reactive ketones (excluding diaryl/α,β-unsaturated/α-hetero) is 1. The molecule has 0 atom stereocenters. The van der Waals surface area contributed by atoms with Crippen molar-refractivity contribution in [3.63, 3.8) is 0 Å². The van der Waals surface area contributed by atoms with Gasteiger partial charge >= 0.3 is 0 Å². The molecule has 0 fully saturated rings. The molecular weight excluding hydrogens is 178 g/mol. The summed E-state index contributed by atoms with van der Waals surface area (Å²) < 4.78 is 0. The van der Waals surface area contributed by atoms with E-state index in [0.717, 1.165) is 0 Å². The summed E-state index contributed by atoms with van der Waals surface area (Å²) in [6.07, 6.45) is 6.61. The second kappa shape index (κ2) is 5.64. The smallest absolute Gasteiger partial charge is 0.175 e. The van der Waals surface area contributed by atoms with Crippen LogP contribution in [0, 0.1) is 0 Å². The first-order valence-corrected chi connectivity index (χ1v) is 4.15. The summed E-state index contributed by atoms with van der Waals surface area (Å²) in [4.78, 5) is 20.6. The Kier molecular flexibility index (Phi) is 4.07. The molecule has 14 heavy (non-hydrogen) atoms. The van der Waals surface area contributed by atoms with Gasteiger partial charge in [-0.05, 0) is 18.2 Å². The zero-order valence-corrected chi connectivity index (χ0v) is 7.84. The van der Waals surface area contributed by atoms with Crippen LogP contribution in [0.25, 0.3) is 0 Å². The van der Waals surface area contributed by atoms with E-state index in [1.165, 1.54) is 13.3 Å². The fourth-order valence-corrected chi connectivity index (χ4v) is 0.803. The number of nitrogens with zero attached hydrogens (tertiary/aromatic N) is 2. The quantitative estimate of drug-likeness (QED) is 0.694. The third-order valence-corrected chi connectivity index (χ3v) is 1.45. The highest BCUT2D eigenvalue weighted by Crippen LogP contribution is 1.93. The number of carbonyl (C=O) groups excluding carboxylic acids is 1. The SMILES string of the molecule is CC(=O)c1ccc[nH]1.c1cncnc1. The second-order valence-corrected chi connectivity index (χ2v) is 2.54. The van der Waals surface area contributed by atoms with Crippen LogP contribution >= 0.6 is 0 Å². The first kappa shape index (κ1) is 10.1. The Morgan fingerprint density at radius 1 is 1.29 bits per heavy atom. The highest BCUT2D eigenvalue weighted by molar-refractivity contribution is 5.92. The minimum absolute atomic E-state index is 0.0787. The second-order valence-electron chi connectivity index (χ2n) is 2.54. The van der Waals surface area contributed by atoms with Gasteiger partial charge < -0.3 is 4.98 Å². The van der Waals surface area contributed by atoms with Crippen LogP contribution in [0.2, 0.25) is 0 Å². The predicted octanol–water partition coefficient (Wildman–Crippen LogP) is 1.69. The molecule has 2 aromatic rings. The highest BCUT2D eigenvalue weighted by atomic mass is 16.1. The number of hydrogen-bond donors (Lipinski definition) is 1. The normalized spacial score (nSPS) is 8.64. The van der Waals surface area contributed by atoms with Crippen LogP contribution in [0.15, 0.2) is 43.1 Å². The average Bonchev–Trinajstić information content (AvgIpc) is 2.74. The molecule has 0 aliphatic carbocycles. The first-order chi connectivity index (χ1) is 6.80. The van der Waals surface area contributed by atoms with E-state index in [4.69, 9.17) is 0 Å². The van der Waals surface area contributed by atoms with Gasteiger partial charge in [-0.25, -0.2) is 9.97 Å². The predicted molar refractivity (Wildman–Crippen MR) is 52.8 cm³/mol. The molecule has 4 nitrogen and oxygen atoms in total. The summed E-state index contributed by atoms with van der Waals surface area (Å²) in [6, 6.07) is 5.33. The number of aromatic nitrogens is 3. The van der Waals surface area contributed by atoms with Gasteiger partial charge in [0, 0.05) is 25.5 Å². The molecule has 0 bridgehead atoms. The van der Waals surface area contributed by atoms with Gasteiger partial charge in [0.2, 0.25) is 0 Å². The molecule has 2 heterocycles. The van der Waals surface area contributed by atoms with Gasteiger partial charge in [0.25, 0.3) is 0 Å². The largest absolute Gasteiger partial charge is 0.359 e. The van der Waals surface area contributed by atoms with Crippen molar-refractivity contribution < 1.29 is 4.79 Å². The molecule has 0 aliphatic rings. The van der Waals surface area contributed by atoms with Gasteiger partial charge in [0.1, 0.15) is 6.33 Å². The lowest BCUT2D eigenvalue weighted by Gasteiger charge is -1.81. The molecule has 0 unspecified atom stereocenters. The number of carbonyl (C=O) groups is 1. The van der Waals surface area contributed by atoms with E-state index < -0.39 is 0 Å². The van der Waals surface area contributed by atoms with E-state index in [2.05, 4.69) is 15.0 Å². The minimum Gasteiger partial charge on any atom is -0.359 e. The van der Waals surface area contributed by atoms with Crippen molar-refractivity contribution in [2.24, 2.45) is 0 Å². The molecule has 2 rings (SSSR count). The molecule has 0 amide bonds.